The van der Waals surface area contributed by atoms with Crippen LogP contribution in [0.2, 0.25) is 0 Å². The molecule has 3 aromatic rings. The summed E-state index contributed by atoms with van der Waals surface area (Å²) in [4.78, 5) is 22.2. The zero-order valence-electron chi connectivity index (χ0n) is 20.6. The number of nitrogens with zero attached hydrogens (tertiary/aromatic N) is 3. The molecule has 2 aliphatic heterocycles. The third-order valence-corrected chi connectivity index (χ3v) is 7.43. The molecule has 3 heterocycles. The molecule has 1 fully saturated rings. The molecule has 1 aromatic heterocycles. The van der Waals surface area contributed by atoms with E-state index in [0.29, 0.717) is 38.0 Å². The van der Waals surface area contributed by atoms with Gasteiger partial charge in [0.15, 0.2) is 0 Å². The first-order valence-electron chi connectivity index (χ1n) is 12.8. The minimum Gasteiger partial charge on any atom is -0.365 e. The SMILES string of the molecule is O=C(NCCc1ccccn1)[C@@H]1Cc2cc(C(F)(F)F)ccc2N2CCN(CCc3ccccc3)C[C@H]12. The van der Waals surface area contributed by atoms with Crippen molar-refractivity contribution in [2.75, 3.05) is 37.6 Å². The van der Waals surface area contributed by atoms with E-state index >= 15 is 0 Å². The highest BCUT2D eigenvalue weighted by Gasteiger charge is 2.42. The van der Waals surface area contributed by atoms with E-state index < -0.39 is 17.7 Å². The normalized spacial score (nSPS) is 19.7. The largest absolute Gasteiger partial charge is 0.416 e. The van der Waals surface area contributed by atoms with E-state index in [1.807, 2.05) is 36.4 Å². The predicted octanol–water partition coefficient (Wildman–Crippen LogP) is 4.36. The van der Waals surface area contributed by atoms with Gasteiger partial charge in [0.05, 0.1) is 17.5 Å². The number of alkyl halides is 3. The van der Waals surface area contributed by atoms with E-state index in [0.717, 1.165) is 37.0 Å². The molecule has 0 bridgehead atoms. The number of hydrogen-bond acceptors (Lipinski definition) is 4. The third kappa shape index (κ3) is 5.96. The number of nitrogens with one attached hydrogen (secondary N) is 1. The van der Waals surface area contributed by atoms with Crippen molar-refractivity contribution in [2.45, 2.75) is 31.5 Å². The van der Waals surface area contributed by atoms with Crippen molar-refractivity contribution in [1.82, 2.24) is 15.2 Å². The number of benzene rings is 2. The Morgan fingerprint density at radius 3 is 2.57 bits per heavy atom. The fourth-order valence-electron chi connectivity index (χ4n) is 5.48. The maximum absolute atomic E-state index is 13.4. The minimum atomic E-state index is -4.41. The summed E-state index contributed by atoms with van der Waals surface area (Å²) in [6.07, 6.45) is -0.881. The number of aromatic nitrogens is 1. The van der Waals surface area contributed by atoms with Gasteiger partial charge < -0.3 is 10.2 Å². The van der Waals surface area contributed by atoms with E-state index in [9.17, 15) is 18.0 Å². The first-order chi connectivity index (χ1) is 17.9. The van der Waals surface area contributed by atoms with Crippen molar-refractivity contribution in [3.05, 3.63) is 95.3 Å². The third-order valence-electron chi connectivity index (χ3n) is 7.43. The van der Waals surface area contributed by atoms with Crippen molar-refractivity contribution in [1.29, 1.82) is 0 Å². The summed E-state index contributed by atoms with van der Waals surface area (Å²) in [6.45, 7) is 3.49. The summed E-state index contributed by atoms with van der Waals surface area (Å²) in [6, 6.07) is 19.8. The molecule has 5 rings (SSSR count). The first kappa shape index (κ1) is 25.3. The molecule has 1 saturated heterocycles. The lowest BCUT2D eigenvalue weighted by Gasteiger charge is -2.49. The number of halogens is 3. The maximum Gasteiger partial charge on any atom is 0.416 e. The Morgan fingerprint density at radius 2 is 1.81 bits per heavy atom. The molecule has 5 nitrogen and oxygen atoms in total. The summed E-state index contributed by atoms with van der Waals surface area (Å²) in [5.74, 6) is -0.543. The molecule has 0 spiro atoms. The number of fused-ring (bicyclic) bond motifs is 3. The summed E-state index contributed by atoms with van der Waals surface area (Å²) >= 11 is 0. The van der Waals surface area contributed by atoms with Gasteiger partial charge in [0.25, 0.3) is 0 Å². The molecule has 0 saturated carbocycles. The fraction of sp³-hybridized carbons (Fsp3) is 0.379. The van der Waals surface area contributed by atoms with Crippen molar-refractivity contribution >= 4 is 11.6 Å². The van der Waals surface area contributed by atoms with Gasteiger partial charge in [-0.2, -0.15) is 13.2 Å². The van der Waals surface area contributed by atoms with Gasteiger partial charge in [-0.3, -0.25) is 14.7 Å². The number of hydrogen-bond donors (Lipinski definition) is 1. The van der Waals surface area contributed by atoms with E-state index in [1.165, 1.54) is 11.6 Å². The number of carbonyl (C=O) groups is 1. The zero-order valence-corrected chi connectivity index (χ0v) is 20.6. The molecule has 194 valence electrons. The lowest BCUT2D eigenvalue weighted by molar-refractivity contribution is -0.137. The molecule has 1 N–H and O–H groups in total. The molecule has 0 unspecified atom stereocenters. The average Bonchev–Trinajstić information content (AvgIpc) is 2.91. The van der Waals surface area contributed by atoms with Crippen LogP contribution >= 0.6 is 0 Å². The molecular formula is C29H31F3N4O. The number of piperazine rings is 1. The highest BCUT2D eigenvalue weighted by molar-refractivity contribution is 5.82. The Kier molecular flexibility index (Phi) is 7.46. The second kappa shape index (κ2) is 10.9. The van der Waals surface area contributed by atoms with Crippen molar-refractivity contribution in [2.24, 2.45) is 5.92 Å². The van der Waals surface area contributed by atoms with Gasteiger partial charge in [0.1, 0.15) is 0 Å². The number of rotatable bonds is 7. The Morgan fingerprint density at radius 1 is 1.00 bits per heavy atom. The van der Waals surface area contributed by atoms with Gasteiger partial charge in [-0.25, -0.2) is 0 Å². The highest BCUT2D eigenvalue weighted by atomic mass is 19.4. The molecule has 1 amide bonds. The van der Waals surface area contributed by atoms with Gasteiger partial charge in [-0.05, 0) is 54.3 Å². The van der Waals surface area contributed by atoms with Gasteiger partial charge >= 0.3 is 6.18 Å². The van der Waals surface area contributed by atoms with Crippen LogP contribution in [0.15, 0.2) is 72.9 Å². The summed E-state index contributed by atoms with van der Waals surface area (Å²) in [7, 11) is 0. The second-order valence-corrected chi connectivity index (χ2v) is 9.81. The summed E-state index contributed by atoms with van der Waals surface area (Å²) < 4.78 is 40.3. The quantitative estimate of drug-likeness (QED) is 0.515. The number of anilines is 1. The van der Waals surface area contributed by atoms with E-state index in [4.69, 9.17) is 0 Å². The fourth-order valence-corrected chi connectivity index (χ4v) is 5.48. The van der Waals surface area contributed by atoms with Crippen molar-refractivity contribution in [3.63, 3.8) is 0 Å². The smallest absolute Gasteiger partial charge is 0.365 e. The topological polar surface area (TPSA) is 48.5 Å². The van der Waals surface area contributed by atoms with Crippen LogP contribution in [0.3, 0.4) is 0 Å². The molecule has 2 aromatic carbocycles. The monoisotopic (exact) mass is 508 g/mol. The standard InChI is InChI=1S/C29H31F3N4O/c30-29(31,32)23-9-10-26-22(18-23)19-25(28(37)34-14-11-24-8-4-5-13-33-24)27-20-35(16-17-36(26)27)15-12-21-6-2-1-3-7-21/h1-10,13,18,25,27H,11-12,14-17,19-20H2,(H,34,37)/t25-,27-/m1/s1. The van der Waals surface area contributed by atoms with E-state index in [1.54, 1.807) is 12.3 Å². The van der Waals surface area contributed by atoms with Crippen molar-refractivity contribution in [3.8, 4) is 0 Å². The van der Waals surface area contributed by atoms with Gasteiger partial charge in [-0.15, -0.1) is 0 Å². The second-order valence-electron chi connectivity index (χ2n) is 9.81. The minimum absolute atomic E-state index is 0.0939. The van der Waals surface area contributed by atoms with Crippen LogP contribution in [-0.4, -0.2) is 54.6 Å². The van der Waals surface area contributed by atoms with Gasteiger partial charge in [0, 0.05) is 56.7 Å². The van der Waals surface area contributed by atoms with Crippen LogP contribution in [0.4, 0.5) is 18.9 Å². The molecule has 2 aliphatic rings. The molecule has 2 atom stereocenters. The number of carbonyl (C=O) groups excluding carboxylic acids is 1. The molecule has 8 heteroatoms. The lowest BCUT2D eigenvalue weighted by Crippen LogP contribution is -2.61. The van der Waals surface area contributed by atoms with Crippen LogP contribution in [0.5, 0.6) is 0 Å². The number of amides is 1. The summed E-state index contributed by atoms with van der Waals surface area (Å²) in [5, 5.41) is 3.04. The van der Waals surface area contributed by atoms with Gasteiger partial charge in [-0.1, -0.05) is 36.4 Å². The Labute approximate surface area is 215 Å². The summed E-state index contributed by atoms with van der Waals surface area (Å²) in [5.41, 5.74) is 2.90. The van der Waals surface area contributed by atoms with E-state index in [2.05, 4.69) is 32.2 Å². The molecule has 37 heavy (non-hydrogen) atoms. The Hall–Kier alpha value is -3.39. The van der Waals surface area contributed by atoms with E-state index in [-0.39, 0.29) is 11.9 Å². The molecular weight excluding hydrogens is 477 g/mol. The van der Waals surface area contributed by atoms with Crippen LogP contribution in [0.25, 0.3) is 0 Å². The average molecular weight is 509 g/mol. The van der Waals surface area contributed by atoms with Gasteiger partial charge in [0.2, 0.25) is 5.91 Å². The molecule has 0 radical (unpaired) electrons. The van der Waals surface area contributed by atoms with Crippen LogP contribution < -0.4 is 10.2 Å². The van der Waals surface area contributed by atoms with Crippen LogP contribution in [0, 0.1) is 5.92 Å². The molecule has 0 aliphatic carbocycles. The lowest BCUT2D eigenvalue weighted by atomic mass is 9.82. The highest BCUT2D eigenvalue weighted by Crippen LogP contribution is 2.39. The Bertz CT molecular complexity index is 1200. The van der Waals surface area contributed by atoms with Crippen molar-refractivity contribution < 1.29 is 18.0 Å². The van der Waals surface area contributed by atoms with Crippen LogP contribution in [-0.2, 0) is 30.2 Å². The predicted molar refractivity (Wildman–Crippen MR) is 137 cm³/mol. The maximum atomic E-state index is 13.4. The van der Waals surface area contributed by atoms with Crippen LogP contribution in [0.1, 0.15) is 22.4 Å². The Balaban J connectivity index is 1.33. The zero-order chi connectivity index (χ0) is 25.8. The first-order valence-corrected chi connectivity index (χ1v) is 12.8. The number of pyridine rings is 1.